The number of piperidine rings is 1. The van der Waals surface area contributed by atoms with Gasteiger partial charge in [-0.2, -0.15) is 0 Å². The number of ether oxygens (including phenoxy) is 3. The maximum absolute atomic E-state index is 10.3. The van der Waals surface area contributed by atoms with E-state index in [1.54, 1.807) is 21.3 Å². The van der Waals surface area contributed by atoms with Crippen molar-refractivity contribution in [1.82, 2.24) is 10.3 Å². The average Bonchev–Trinajstić information content (AvgIpc) is 2.81. The molecule has 1 saturated heterocycles. The van der Waals surface area contributed by atoms with Crippen LogP contribution in [0.3, 0.4) is 0 Å². The molecule has 0 amide bonds. The Hall–Kier alpha value is -2.29. The van der Waals surface area contributed by atoms with Crippen molar-refractivity contribution < 1.29 is 24.4 Å². The summed E-state index contributed by atoms with van der Waals surface area (Å²) < 4.78 is 16.8. The third-order valence-electron chi connectivity index (χ3n) is 6.65. The van der Waals surface area contributed by atoms with Gasteiger partial charge in [0, 0.05) is 42.7 Å². The van der Waals surface area contributed by atoms with Crippen LogP contribution in [0.25, 0.3) is 10.9 Å². The van der Waals surface area contributed by atoms with Crippen molar-refractivity contribution in [2.45, 2.75) is 63.3 Å². The first-order chi connectivity index (χ1) is 15.5. The number of nitrogens with zero attached hydrogens (tertiary/aromatic N) is 2. The van der Waals surface area contributed by atoms with E-state index >= 15 is 0 Å². The van der Waals surface area contributed by atoms with Crippen LogP contribution >= 0.6 is 0 Å². The number of rotatable bonds is 7. The molecule has 1 atom stereocenters. The molecule has 2 aliphatic rings. The number of aliphatic hydroxyl groups excluding tert-OH is 2. The second kappa shape index (κ2) is 10.1. The summed E-state index contributed by atoms with van der Waals surface area (Å²) in [5, 5.41) is 24.6. The fourth-order valence-electron chi connectivity index (χ4n) is 4.91. The summed E-state index contributed by atoms with van der Waals surface area (Å²) in [6.07, 6.45) is 4.84. The predicted octanol–water partition coefficient (Wildman–Crippen LogP) is 2.61. The molecule has 0 bridgehead atoms. The molecular weight excluding hydrogens is 410 g/mol. The summed E-state index contributed by atoms with van der Waals surface area (Å²) in [6.45, 7) is 2.09. The zero-order valence-corrected chi connectivity index (χ0v) is 19.3. The van der Waals surface area contributed by atoms with Gasteiger partial charge in [0.25, 0.3) is 0 Å². The molecule has 2 aromatic rings. The van der Waals surface area contributed by atoms with Crippen LogP contribution < -0.4 is 24.4 Å². The lowest BCUT2D eigenvalue weighted by molar-refractivity contribution is 0.116. The highest BCUT2D eigenvalue weighted by Crippen LogP contribution is 2.44. The number of nitrogens with one attached hydrogen (secondary N) is 1. The monoisotopic (exact) mass is 445 g/mol. The number of aliphatic hydroxyl groups is 2. The van der Waals surface area contributed by atoms with E-state index in [1.165, 1.54) is 0 Å². The van der Waals surface area contributed by atoms with Crippen molar-refractivity contribution in [2.24, 2.45) is 0 Å². The van der Waals surface area contributed by atoms with Crippen LogP contribution in [0, 0.1) is 0 Å². The van der Waals surface area contributed by atoms with Crippen LogP contribution in [0.2, 0.25) is 0 Å². The van der Waals surface area contributed by atoms with Crippen LogP contribution in [0.5, 0.6) is 17.2 Å². The third-order valence-corrected chi connectivity index (χ3v) is 6.65. The maximum Gasteiger partial charge on any atom is 0.204 e. The SMILES string of the molecule is COc1cc2nc(N3CCCC(O)C3)c(CNC3CCC(O)CC3)cc2c(OC)c1OC. The number of hydrogen-bond donors (Lipinski definition) is 3. The molecule has 176 valence electrons. The molecule has 32 heavy (non-hydrogen) atoms. The van der Waals surface area contributed by atoms with Gasteiger partial charge in [0.2, 0.25) is 5.75 Å². The normalized spacial score (nSPS) is 23.9. The Balaban J connectivity index is 1.74. The molecule has 1 aliphatic heterocycles. The minimum absolute atomic E-state index is 0.174. The molecule has 2 fully saturated rings. The van der Waals surface area contributed by atoms with E-state index in [4.69, 9.17) is 19.2 Å². The molecule has 2 heterocycles. The van der Waals surface area contributed by atoms with Crippen LogP contribution in [0.1, 0.15) is 44.1 Å². The van der Waals surface area contributed by atoms with E-state index in [2.05, 4.69) is 16.3 Å². The van der Waals surface area contributed by atoms with Crippen LogP contribution in [0.15, 0.2) is 12.1 Å². The third kappa shape index (κ3) is 4.72. The van der Waals surface area contributed by atoms with Gasteiger partial charge in [-0.3, -0.25) is 0 Å². The Kier molecular flexibility index (Phi) is 7.23. The van der Waals surface area contributed by atoms with Crippen molar-refractivity contribution in [1.29, 1.82) is 0 Å². The zero-order valence-electron chi connectivity index (χ0n) is 19.3. The van der Waals surface area contributed by atoms with Crippen LogP contribution in [-0.4, -0.2) is 67.9 Å². The first-order valence-electron chi connectivity index (χ1n) is 11.5. The van der Waals surface area contributed by atoms with Gasteiger partial charge in [-0.25, -0.2) is 4.98 Å². The summed E-state index contributed by atoms with van der Waals surface area (Å²) >= 11 is 0. The molecule has 0 radical (unpaired) electrons. The highest BCUT2D eigenvalue weighted by molar-refractivity contribution is 5.92. The van der Waals surface area contributed by atoms with Gasteiger partial charge >= 0.3 is 0 Å². The van der Waals surface area contributed by atoms with Crippen molar-refractivity contribution in [3.8, 4) is 17.2 Å². The van der Waals surface area contributed by atoms with Gasteiger partial charge in [-0.15, -0.1) is 0 Å². The Labute approximate surface area is 189 Å². The summed E-state index contributed by atoms with van der Waals surface area (Å²) in [7, 11) is 4.82. The van der Waals surface area contributed by atoms with E-state index in [-0.39, 0.29) is 12.2 Å². The van der Waals surface area contributed by atoms with Crippen molar-refractivity contribution >= 4 is 16.7 Å². The Morgan fingerprint density at radius 2 is 1.72 bits per heavy atom. The summed E-state index contributed by atoms with van der Waals surface area (Å²) in [5.74, 6) is 2.60. The number of benzene rings is 1. The van der Waals surface area contributed by atoms with Gasteiger partial charge in [-0.05, 0) is 44.6 Å². The second-order valence-corrected chi connectivity index (χ2v) is 8.81. The standard InChI is InChI=1S/C24H35N3O5/c1-30-21-12-20-19(22(31-2)23(21)32-3)11-15(13-25-16-6-8-17(28)9-7-16)24(26-20)27-10-4-5-18(29)14-27/h11-12,16-18,25,28-29H,4-10,13-14H2,1-3H3. The average molecular weight is 446 g/mol. The highest BCUT2D eigenvalue weighted by atomic mass is 16.5. The lowest BCUT2D eigenvalue weighted by atomic mass is 9.93. The zero-order chi connectivity index (χ0) is 22.7. The molecule has 3 N–H and O–H groups in total. The van der Waals surface area contributed by atoms with Crippen LogP contribution in [0.4, 0.5) is 5.82 Å². The van der Waals surface area contributed by atoms with Crippen molar-refractivity contribution in [3.05, 3.63) is 17.7 Å². The first-order valence-corrected chi connectivity index (χ1v) is 11.5. The Morgan fingerprint density at radius 1 is 0.969 bits per heavy atom. The summed E-state index contributed by atoms with van der Waals surface area (Å²) in [4.78, 5) is 7.20. The van der Waals surface area contributed by atoms with E-state index in [0.717, 1.165) is 67.4 Å². The Bertz CT molecular complexity index is 930. The molecular formula is C24H35N3O5. The van der Waals surface area contributed by atoms with Crippen LogP contribution in [-0.2, 0) is 6.54 Å². The first kappa shape index (κ1) is 22.9. The quantitative estimate of drug-likeness (QED) is 0.599. The molecule has 1 unspecified atom stereocenters. The molecule has 4 rings (SSSR count). The van der Waals surface area contributed by atoms with E-state index in [1.807, 2.05) is 6.07 Å². The highest BCUT2D eigenvalue weighted by Gasteiger charge is 2.25. The smallest absolute Gasteiger partial charge is 0.204 e. The number of pyridine rings is 1. The second-order valence-electron chi connectivity index (χ2n) is 8.81. The van der Waals surface area contributed by atoms with Crippen molar-refractivity contribution in [2.75, 3.05) is 39.3 Å². The molecule has 1 aromatic heterocycles. The lowest BCUT2D eigenvalue weighted by Gasteiger charge is -2.33. The number of β-amino-alcohol motifs (C(OH)–C–C–N with tert-alkyl or cyclic N) is 1. The van der Waals surface area contributed by atoms with E-state index in [9.17, 15) is 10.2 Å². The van der Waals surface area contributed by atoms with E-state index < -0.39 is 0 Å². The van der Waals surface area contributed by atoms with Gasteiger partial charge in [0.1, 0.15) is 5.82 Å². The maximum atomic E-state index is 10.3. The summed E-state index contributed by atoms with van der Waals surface area (Å²) in [6, 6.07) is 4.37. The van der Waals surface area contributed by atoms with Crippen molar-refractivity contribution in [3.63, 3.8) is 0 Å². The van der Waals surface area contributed by atoms with E-state index in [0.29, 0.717) is 36.4 Å². The Morgan fingerprint density at radius 3 is 2.38 bits per heavy atom. The number of hydrogen-bond acceptors (Lipinski definition) is 8. The molecule has 1 saturated carbocycles. The molecule has 1 aliphatic carbocycles. The number of fused-ring (bicyclic) bond motifs is 1. The molecule has 8 heteroatoms. The minimum Gasteiger partial charge on any atom is -0.493 e. The molecule has 1 aromatic carbocycles. The molecule has 0 spiro atoms. The fourth-order valence-corrected chi connectivity index (χ4v) is 4.91. The van der Waals surface area contributed by atoms with Gasteiger partial charge in [-0.1, -0.05) is 0 Å². The minimum atomic E-state index is -0.346. The summed E-state index contributed by atoms with van der Waals surface area (Å²) in [5.41, 5.74) is 1.82. The molecule has 8 nitrogen and oxygen atoms in total. The number of methoxy groups -OCH3 is 3. The largest absolute Gasteiger partial charge is 0.493 e. The number of aromatic nitrogens is 1. The number of anilines is 1. The predicted molar refractivity (Wildman–Crippen MR) is 124 cm³/mol. The van der Waals surface area contributed by atoms with Gasteiger partial charge in [0.15, 0.2) is 11.5 Å². The topological polar surface area (TPSA) is 96.3 Å². The lowest BCUT2D eigenvalue weighted by Crippen LogP contribution is -2.40. The fraction of sp³-hybridized carbons (Fsp3) is 0.625. The van der Waals surface area contributed by atoms with Gasteiger partial charge < -0.3 is 34.6 Å². The van der Waals surface area contributed by atoms with Gasteiger partial charge in [0.05, 0.1) is 39.1 Å².